The number of rotatable bonds is 5. The second-order valence-corrected chi connectivity index (χ2v) is 4.98. The van der Waals surface area contributed by atoms with Crippen LogP contribution < -0.4 is 10.6 Å². The lowest BCUT2D eigenvalue weighted by Crippen LogP contribution is -2.45. The number of methoxy groups -OCH3 is 1. The molecule has 0 aliphatic carbocycles. The molecule has 1 aromatic carbocycles. The predicted molar refractivity (Wildman–Crippen MR) is 75.6 cm³/mol. The summed E-state index contributed by atoms with van der Waals surface area (Å²) in [5.41, 5.74) is -0.0965. The number of guanidine groups is 1. The Kier molecular flexibility index (Phi) is 5.88. The van der Waals surface area contributed by atoms with E-state index in [9.17, 15) is 8.78 Å². The van der Waals surface area contributed by atoms with Crippen LogP contribution in [0.3, 0.4) is 0 Å². The quantitative estimate of drug-likeness (QED) is 0.643. The molecule has 0 spiro atoms. The van der Waals surface area contributed by atoms with E-state index in [1.165, 1.54) is 0 Å². The molecule has 0 heterocycles. The highest BCUT2D eigenvalue weighted by Gasteiger charge is 2.16. The number of nitrogens with one attached hydrogen (secondary N) is 2. The molecule has 0 aromatic heterocycles. The second-order valence-electron chi connectivity index (χ2n) is 4.98. The van der Waals surface area contributed by atoms with E-state index in [0.717, 1.165) is 18.2 Å². The van der Waals surface area contributed by atoms with Crippen LogP contribution in [0.15, 0.2) is 23.2 Å². The van der Waals surface area contributed by atoms with Crippen LogP contribution in [0.1, 0.15) is 19.4 Å². The average molecular weight is 285 g/mol. The van der Waals surface area contributed by atoms with Gasteiger partial charge < -0.3 is 15.4 Å². The van der Waals surface area contributed by atoms with Crippen molar-refractivity contribution >= 4 is 5.96 Å². The summed E-state index contributed by atoms with van der Waals surface area (Å²) >= 11 is 0. The summed E-state index contributed by atoms with van der Waals surface area (Å²) < 4.78 is 31.8. The maximum atomic E-state index is 13.5. The Morgan fingerprint density at radius 2 is 2.00 bits per heavy atom. The van der Waals surface area contributed by atoms with Crippen molar-refractivity contribution in [1.29, 1.82) is 0 Å². The van der Waals surface area contributed by atoms with Gasteiger partial charge in [0.25, 0.3) is 0 Å². The number of aliphatic imine (C=N–C) groups is 1. The summed E-state index contributed by atoms with van der Waals surface area (Å²) in [7, 11) is 3.23. The SMILES string of the molecule is CN=C(NCc1cc(F)ccc1F)NCC(C)(C)OC. The molecule has 0 atom stereocenters. The molecular weight excluding hydrogens is 264 g/mol. The summed E-state index contributed by atoms with van der Waals surface area (Å²) in [6.45, 7) is 4.55. The first-order valence-electron chi connectivity index (χ1n) is 6.31. The van der Waals surface area contributed by atoms with Gasteiger partial charge in [-0.15, -0.1) is 0 Å². The van der Waals surface area contributed by atoms with Crippen molar-refractivity contribution in [3.05, 3.63) is 35.4 Å². The fraction of sp³-hybridized carbons (Fsp3) is 0.500. The molecule has 0 unspecified atom stereocenters. The normalized spacial score (nSPS) is 12.4. The van der Waals surface area contributed by atoms with Crippen LogP contribution >= 0.6 is 0 Å². The van der Waals surface area contributed by atoms with Gasteiger partial charge in [0.1, 0.15) is 11.6 Å². The highest BCUT2D eigenvalue weighted by molar-refractivity contribution is 5.79. The van der Waals surface area contributed by atoms with Gasteiger partial charge in [-0.25, -0.2) is 8.78 Å². The molecule has 2 N–H and O–H groups in total. The lowest BCUT2D eigenvalue weighted by Gasteiger charge is -2.24. The Balaban J connectivity index is 2.56. The first-order chi connectivity index (χ1) is 9.38. The van der Waals surface area contributed by atoms with Crippen LogP contribution in [0, 0.1) is 11.6 Å². The third-order valence-electron chi connectivity index (χ3n) is 2.91. The van der Waals surface area contributed by atoms with E-state index < -0.39 is 11.6 Å². The van der Waals surface area contributed by atoms with Gasteiger partial charge >= 0.3 is 0 Å². The molecule has 0 saturated carbocycles. The Labute approximate surface area is 118 Å². The van der Waals surface area contributed by atoms with E-state index in [-0.39, 0.29) is 17.7 Å². The molecule has 0 aliphatic heterocycles. The van der Waals surface area contributed by atoms with Crippen LogP contribution in [-0.4, -0.2) is 32.3 Å². The predicted octanol–water partition coefficient (Wildman–Crippen LogP) is 2.05. The molecule has 112 valence electrons. The highest BCUT2D eigenvalue weighted by atomic mass is 19.1. The molecule has 1 rings (SSSR count). The van der Waals surface area contributed by atoms with Gasteiger partial charge in [0.2, 0.25) is 0 Å². The summed E-state index contributed by atoms with van der Waals surface area (Å²) in [5.74, 6) is -0.419. The first kappa shape index (κ1) is 16.4. The van der Waals surface area contributed by atoms with Gasteiger partial charge in [-0.1, -0.05) is 0 Å². The highest BCUT2D eigenvalue weighted by Crippen LogP contribution is 2.09. The number of halogens is 2. The molecular formula is C14H21F2N3O. The van der Waals surface area contributed by atoms with Crippen molar-refractivity contribution in [3.8, 4) is 0 Å². The fourth-order valence-electron chi connectivity index (χ4n) is 1.45. The summed E-state index contributed by atoms with van der Waals surface area (Å²) in [6.07, 6.45) is 0. The molecule has 1 aromatic rings. The Morgan fingerprint density at radius 3 is 2.60 bits per heavy atom. The number of nitrogens with zero attached hydrogens (tertiary/aromatic N) is 1. The maximum absolute atomic E-state index is 13.5. The summed E-state index contributed by atoms with van der Waals surface area (Å²) in [4.78, 5) is 4.02. The Bertz CT molecular complexity index is 475. The van der Waals surface area contributed by atoms with Crippen molar-refractivity contribution in [2.75, 3.05) is 20.7 Å². The molecule has 4 nitrogen and oxygen atoms in total. The van der Waals surface area contributed by atoms with E-state index in [4.69, 9.17) is 4.74 Å². The van der Waals surface area contributed by atoms with Gasteiger partial charge in [0.15, 0.2) is 5.96 Å². The molecule has 0 radical (unpaired) electrons. The third kappa shape index (κ3) is 5.13. The van der Waals surface area contributed by atoms with Crippen molar-refractivity contribution < 1.29 is 13.5 Å². The Hall–Kier alpha value is -1.69. The summed E-state index contributed by atoms with van der Waals surface area (Å²) in [5, 5.41) is 5.99. The van der Waals surface area contributed by atoms with Crippen molar-refractivity contribution in [2.45, 2.75) is 26.0 Å². The van der Waals surface area contributed by atoms with Crippen LogP contribution in [0.2, 0.25) is 0 Å². The van der Waals surface area contributed by atoms with E-state index in [2.05, 4.69) is 15.6 Å². The molecule has 0 fully saturated rings. The molecule has 0 aliphatic rings. The molecule has 0 bridgehead atoms. The fourth-order valence-corrected chi connectivity index (χ4v) is 1.45. The largest absolute Gasteiger partial charge is 0.377 e. The lowest BCUT2D eigenvalue weighted by atomic mass is 10.1. The number of hydrogen-bond acceptors (Lipinski definition) is 2. The van der Waals surface area contributed by atoms with Crippen LogP contribution in [0.5, 0.6) is 0 Å². The lowest BCUT2D eigenvalue weighted by molar-refractivity contribution is 0.0268. The molecule has 20 heavy (non-hydrogen) atoms. The van der Waals surface area contributed by atoms with Gasteiger partial charge in [-0.3, -0.25) is 4.99 Å². The third-order valence-corrected chi connectivity index (χ3v) is 2.91. The smallest absolute Gasteiger partial charge is 0.191 e. The van der Waals surface area contributed by atoms with Crippen LogP contribution in [-0.2, 0) is 11.3 Å². The van der Waals surface area contributed by atoms with Gasteiger partial charge in [0.05, 0.1) is 5.60 Å². The van der Waals surface area contributed by atoms with Gasteiger partial charge in [0, 0.05) is 32.8 Å². The minimum atomic E-state index is -0.466. The topological polar surface area (TPSA) is 45.7 Å². The monoisotopic (exact) mass is 285 g/mol. The zero-order valence-electron chi connectivity index (χ0n) is 12.3. The second kappa shape index (κ2) is 7.19. The Morgan fingerprint density at radius 1 is 1.30 bits per heavy atom. The van der Waals surface area contributed by atoms with Crippen molar-refractivity contribution in [3.63, 3.8) is 0 Å². The first-order valence-corrected chi connectivity index (χ1v) is 6.31. The minimum Gasteiger partial charge on any atom is -0.377 e. The minimum absolute atomic E-state index is 0.149. The molecule has 0 amide bonds. The van der Waals surface area contributed by atoms with Gasteiger partial charge in [-0.2, -0.15) is 0 Å². The number of benzene rings is 1. The van der Waals surface area contributed by atoms with E-state index >= 15 is 0 Å². The standard InChI is InChI=1S/C14H21F2N3O/c1-14(2,20-4)9-19-13(17-3)18-8-10-7-11(15)5-6-12(10)16/h5-7H,8-9H2,1-4H3,(H2,17,18,19). The van der Waals surface area contributed by atoms with Crippen LogP contribution in [0.25, 0.3) is 0 Å². The number of ether oxygens (including phenoxy) is 1. The van der Waals surface area contributed by atoms with E-state index in [1.54, 1.807) is 14.2 Å². The molecule has 6 heteroatoms. The maximum Gasteiger partial charge on any atom is 0.191 e. The zero-order valence-corrected chi connectivity index (χ0v) is 12.3. The van der Waals surface area contributed by atoms with Crippen molar-refractivity contribution in [2.24, 2.45) is 4.99 Å². The van der Waals surface area contributed by atoms with E-state index in [0.29, 0.717) is 12.5 Å². The van der Waals surface area contributed by atoms with E-state index in [1.807, 2.05) is 13.8 Å². The van der Waals surface area contributed by atoms with Crippen molar-refractivity contribution in [1.82, 2.24) is 10.6 Å². The average Bonchev–Trinajstić information content (AvgIpc) is 2.42. The van der Waals surface area contributed by atoms with Crippen LogP contribution in [0.4, 0.5) is 8.78 Å². The zero-order chi connectivity index (χ0) is 15.2. The number of hydrogen-bond donors (Lipinski definition) is 2. The summed E-state index contributed by atoms with van der Waals surface area (Å²) in [6, 6.07) is 3.36. The molecule has 0 saturated heterocycles. The van der Waals surface area contributed by atoms with Gasteiger partial charge in [-0.05, 0) is 32.0 Å².